The number of hydrogen-bond acceptors (Lipinski definition) is 5. The molecular formula is C26H27ClFN3O4S. The van der Waals surface area contributed by atoms with Crippen LogP contribution in [-0.4, -0.2) is 51.9 Å². The summed E-state index contributed by atoms with van der Waals surface area (Å²) in [5.74, 6) is -1.32. The smallest absolute Gasteiger partial charge is 0.258 e. The van der Waals surface area contributed by atoms with E-state index in [4.69, 9.17) is 16.3 Å². The summed E-state index contributed by atoms with van der Waals surface area (Å²) in [5.41, 5.74) is 3.20. The van der Waals surface area contributed by atoms with Crippen molar-refractivity contribution in [3.8, 4) is 5.75 Å². The van der Waals surface area contributed by atoms with Crippen LogP contribution in [0.15, 0.2) is 59.5 Å². The van der Waals surface area contributed by atoms with E-state index >= 15 is 0 Å². The van der Waals surface area contributed by atoms with Gasteiger partial charge in [0.1, 0.15) is 11.6 Å². The number of piperazine rings is 1. The molecule has 7 nitrogen and oxygen atoms in total. The van der Waals surface area contributed by atoms with Gasteiger partial charge in [0, 0.05) is 36.9 Å². The highest BCUT2D eigenvalue weighted by Crippen LogP contribution is 2.29. The summed E-state index contributed by atoms with van der Waals surface area (Å²) in [6, 6.07) is 14.0. The monoisotopic (exact) mass is 531 g/mol. The van der Waals surface area contributed by atoms with Crippen molar-refractivity contribution in [1.82, 2.24) is 4.31 Å². The fraction of sp³-hybridized carbons (Fsp3) is 0.269. The molecule has 0 unspecified atom stereocenters. The lowest BCUT2D eigenvalue weighted by atomic mass is 10.1. The number of aryl methyl sites for hydroxylation is 2. The minimum absolute atomic E-state index is 0.146. The summed E-state index contributed by atoms with van der Waals surface area (Å²) in [4.78, 5) is 14.9. The summed E-state index contributed by atoms with van der Waals surface area (Å²) in [7, 11) is -2.51. The van der Waals surface area contributed by atoms with Gasteiger partial charge in [-0.05, 0) is 67.4 Å². The van der Waals surface area contributed by atoms with Crippen LogP contribution in [0.2, 0.25) is 5.02 Å². The van der Waals surface area contributed by atoms with Gasteiger partial charge in [0.15, 0.2) is 0 Å². The summed E-state index contributed by atoms with van der Waals surface area (Å²) < 4.78 is 47.9. The Morgan fingerprint density at radius 3 is 2.42 bits per heavy atom. The molecule has 0 aliphatic carbocycles. The van der Waals surface area contributed by atoms with Gasteiger partial charge in [0.25, 0.3) is 5.91 Å². The van der Waals surface area contributed by atoms with Crippen molar-refractivity contribution >= 4 is 38.9 Å². The molecule has 0 spiro atoms. The highest BCUT2D eigenvalue weighted by atomic mass is 35.5. The second kappa shape index (κ2) is 10.5. The van der Waals surface area contributed by atoms with Crippen LogP contribution in [0, 0.1) is 19.7 Å². The molecule has 190 valence electrons. The molecule has 0 aromatic heterocycles. The number of nitrogens with one attached hydrogen (secondary N) is 1. The Kier molecular flexibility index (Phi) is 7.54. The normalized spacial score (nSPS) is 14.5. The summed E-state index contributed by atoms with van der Waals surface area (Å²) in [5, 5.41) is 2.90. The van der Waals surface area contributed by atoms with Crippen molar-refractivity contribution in [2.75, 3.05) is 43.5 Å². The summed E-state index contributed by atoms with van der Waals surface area (Å²) in [6.07, 6.45) is 0. The maximum atomic E-state index is 14.6. The van der Waals surface area contributed by atoms with E-state index in [1.807, 2.05) is 19.9 Å². The van der Waals surface area contributed by atoms with E-state index in [2.05, 4.69) is 22.3 Å². The number of carbonyl (C=O) groups excluding carboxylic acids is 1. The first kappa shape index (κ1) is 25.9. The number of nitrogens with zero attached hydrogens (tertiary/aromatic N) is 2. The lowest BCUT2D eigenvalue weighted by Gasteiger charge is -2.36. The third-order valence-corrected chi connectivity index (χ3v) is 8.30. The first-order chi connectivity index (χ1) is 17.1. The van der Waals surface area contributed by atoms with Crippen molar-refractivity contribution in [2.24, 2.45) is 0 Å². The Morgan fingerprint density at radius 1 is 1.00 bits per heavy atom. The molecule has 1 fully saturated rings. The maximum absolute atomic E-state index is 14.6. The first-order valence-corrected chi connectivity index (χ1v) is 13.2. The Bertz CT molecular complexity index is 1410. The molecule has 4 rings (SSSR count). The minimum Gasteiger partial charge on any atom is -0.495 e. The van der Waals surface area contributed by atoms with Gasteiger partial charge in [-0.25, -0.2) is 12.8 Å². The van der Waals surface area contributed by atoms with Gasteiger partial charge in [-0.3, -0.25) is 4.79 Å². The van der Waals surface area contributed by atoms with Crippen LogP contribution in [0.25, 0.3) is 0 Å². The molecule has 1 N–H and O–H groups in total. The Hall–Kier alpha value is -3.14. The minimum atomic E-state index is -3.94. The first-order valence-electron chi connectivity index (χ1n) is 11.4. The third kappa shape index (κ3) is 5.33. The van der Waals surface area contributed by atoms with Crippen LogP contribution in [-0.2, 0) is 10.0 Å². The quantitative estimate of drug-likeness (QED) is 0.491. The standard InChI is InChI=1S/C26H27ClFN3O4S/c1-17-4-5-18(2)24(14-17)30-10-12-31(13-11-30)36(33,34)20-7-8-22(28)21(16-20)26(32)29-23-15-19(27)6-9-25(23)35-3/h4-9,14-16H,10-13H2,1-3H3,(H,29,32). The third-order valence-electron chi connectivity index (χ3n) is 6.17. The van der Waals surface area contributed by atoms with E-state index in [1.165, 1.54) is 23.5 Å². The average molecular weight is 532 g/mol. The van der Waals surface area contributed by atoms with Crippen LogP contribution in [0.4, 0.5) is 15.8 Å². The van der Waals surface area contributed by atoms with Crippen molar-refractivity contribution in [3.05, 3.63) is 82.1 Å². The molecule has 36 heavy (non-hydrogen) atoms. The topological polar surface area (TPSA) is 78.9 Å². The second-order valence-corrected chi connectivity index (χ2v) is 11.0. The molecule has 1 heterocycles. The molecule has 3 aromatic carbocycles. The van der Waals surface area contributed by atoms with Gasteiger partial charge in [-0.2, -0.15) is 4.31 Å². The van der Waals surface area contributed by atoms with E-state index in [9.17, 15) is 17.6 Å². The van der Waals surface area contributed by atoms with E-state index < -0.39 is 27.3 Å². The fourth-order valence-electron chi connectivity index (χ4n) is 4.18. The number of carbonyl (C=O) groups is 1. The summed E-state index contributed by atoms with van der Waals surface area (Å²) >= 11 is 6.00. The van der Waals surface area contributed by atoms with Crippen molar-refractivity contribution in [1.29, 1.82) is 0 Å². The number of sulfonamides is 1. The van der Waals surface area contributed by atoms with Gasteiger partial charge in [-0.15, -0.1) is 0 Å². The van der Waals surface area contributed by atoms with Gasteiger partial charge in [0.2, 0.25) is 10.0 Å². The highest BCUT2D eigenvalue weighted by molar-refractivity contribution is 7.89. The Labute approximate surface area is 215 Å². The molecule has 10 heteroatoms. The van der Waals surface area contributed by atoms with Crippen LogP contribution < -0.4 is 15.0 Å². The molecule has 0 radical (unpaired) electrons. The van der Waals surface area contributed by atoms with Gasteiger partial charge >= 0.3 is 0 Å². The van der Waals surface area contributed by atoms with E-state index in [-0.39, 0.29) is 23.7 Å². The molecule has 0 saturated carbocycles. The molecule has 0 atom stereocenters. The number of ether oxygens (including phenoxy) is 1. The lowest BCUT2D eigenvalue weighted by molar-refractivity contribution is 0.102. The van der Waals surface area contributed by atoms with Crippen LogP contribution >= 0.6 is 11.6 Å². The number of benzene rings is 3. The zero-order chi connectivity index (χ0) is 26.0. The van der Waals surface area contributed by atoms with Gasteiger partial charge < -0.3 is 15.0 Å². The fourth-order valence-corrected chi connectivity index (χ4v) is 5.81. The SMILES string of the molecule is COc1ccc(Cl)cc1NC(=O)c1cc(S(=O)(=O)N2CCN(c3cc(C)ccc3C)CC2)ccc1F. The molecule has 1 saturated heterocycles. The molecular weight excluding hydrogens is 505 g/mol. The number of rotatable bonds is 6. The van der Waals surface area contributed by atoms with E-state index in [1.54, 1.807) is 12.1 Å². The highest BCUT2D eigenvalue weighted by Gasteiger charge is 2.30. The van der Waals surface area contributed by atoms with Gasteiger partial charge in [-0.1, -0.05) is 23.7 Å². The number of anilines is 2. The maximum Gasteiger partial charge on any atom is 0.258 e. The number of halogens is 2. The van der Waals surface area contributed by atoms with Crippen molar-refractivity contribution in [3.63, 3.8) is 0 Å². The van der Waals surface area contributed by atoms with E-state index in [0.29, 0.717) is 23.9 Å². The number of methoxy groups -OCH3 is 1. The zero-order valence-corrected chi connectivity index (χ0v) is 21.8. The predicted molar refractivity (Wildman–Crippen MR) is 139 cm³/mol. The lowest BCUT2D eigenvalue weighted by Crippen LogP contribution is -2.48. The summed E-state index contributed by atoms with van der Waals surface area (Å²) in [6.45, 7) is 5.64. The number of hydrogen-bond donors (Lipinski definition) is 1. The molecule has 1 aliphatic rings. The molecule has 3 aromatic rings. The Balaban J connectivity index is 1.53. The average Bonchev–Trinajstić information content (AvgIpc) is 2.86. The molecule has 1 amide bonds. The predicted octanol–water partition coefficient (Wildman–Crippen LogP) is 4.87. The van der Waals surface area contributed by atoms with Gasteiger partial charge in [0.05, 0.1) is 23.3 Å². The molecule has 1 aliphatic heterocycles. The largest absolute Gasteiger partial charge is 0.495 e. The second-order valence-electron chi connectivity index (χ2n) is 8.62. The molecule has 0 bridgehead atoms. The zero-order valence-electron chi connectivity index (χ0n) is 20.2. The number of amides is 1. The van der Waals surface area contributed by atoms with Crippen molar-refractivity contribution < 1.29 is 22.3 Å². The van der Waals surface area contributed by atoms with Crippen LogP contribution in [0.3, 0.4) is 0 Å². The van der Waals surface area contributed by atoms with Crippen LogP contribution in [0.5, 0.6) is 5.75 Å². The van der Waals surface area contributed by atoms with Crippen LogP contribution in [0.1, 0.15) is 21.5 Å². The van der Waals surface area contributed by atoms with Crippen molar-refractivity contribution in [2.45, 2.75) is 18.7 Å². The Morgan fingerprint density at radius 2 is 1.72 bits per heavy atom. The van der Waals surface area contributed by atoms with E-state index in [0.717, 1.165) is 28.9 Å².